The van der Waals surface area contributed by atoms with Crippen LogP contribution >= 0.6 is 0 Å². The highest BCUT2D eigenvalue weighted by molar-refractivity contribution is 5.74. The average molecular weight is 529 g/mol. The van der Waals surface area contributed by atoms with Crippen molar-refractivity contribution in [1.82, 2.24) is 21.3 Å². The molecule has 0 aromatic rings. The van der Waals surface area contributed by atoms with E-state index in [2.05, 4.69) is 63.3 Å². The van der Waals surface area contributed by atoms with Crippen LogP contribution in [0.3, 0.4) is 0 Å². The standard InChI is InChI=1S/C29H62N6O2/c1-7-9-11-13-15-17-20-30-28(36)32-22-26-34(3,4)24-19-25-35(5,6)27-23-33-29(37)31-21-18-16-14-12-10-8-2/h7-27H2,1-6H3,(H2-2,30,31,32,33,36,37)/p+2. The van der Waals surface area contributed by atoms with Crippen LogP contribution in [0.25, 0.3) is 0 Å². The van der Waals surface area contributed by atoms with Gasteiger partial charge in [0.05, 0.1) is 67.5 Å². The van der Waals surface area contributed by atoms with Gasteiger partial charge in [0.1, 0.15) is 0 Å². The summed E-state index contributed by atoms with van der Waals surface area (Å²) >= 11 is 0. The number of carbonyl (C=O) groups is 2. The number of unbranched alkanes of at least 4 members (excludes halogenated alkanes) is 10. The minimum atomic E-state index is -0.0464. The molecule has 0 unspecified atom stereocenters. The summed E-state index contributed by atoms with van der Waals surface area (Å²) < 4.78 is 1.77. The molecule has 0 aliphatic rings. The molecule has 0 heterocycles. The summed E-state index contributed by atoms with van der Waals surface area (Å²) in [6.07, 6.45) is 15.9. The van der Waals surface area contributed by atoms with E-state index in [-0.39, 0.29) is 12.1 Å². The van der Waals surface area contributed by atoms with E-state index >= 15 is 0 Å². The molecule has 0 rings (SSSR count). The third kappa shape index (κ3) is 24.5. The van der Waals surface area contributed by atoms with E-state index in [0.29, 0.717) is 13.1 Å². The first-order valence-corrected chi connectivity index (χ1v) is 15.3. The normalized spacial score (nSPS) is 11.8. The summed E-state index contributed by atoms with van der Waals surface area (Å²) in [4.78, 5) is 24.0. The summed E-state index contributed by atoms with van der Waals surface area (Å²) in [5.41, 5.74) is 0. The Bertz CT molecular complexity index is 521. The zero-order chi connectivity index (χ0) is 27.8. The fourth-order valence-electron chi connectivity index (χ4n) is 4.43. The Morgan fingerprint density at radius 1 is 0.432 bits per heavy atom. The number of likely N-dealkylation sites (N-methyl/N-ethyl adjacent to an activating group) is 2. The summed E-state index contributed by atoms with van der Waals surface area (Å²) in [6, 6.07) is -0.0928. The Morgan fingerprint density at radius 3 is 1.14 bits per heavy atom. The first-order valence-electron chi connectivity index (χ1n) is 15.3. The molecule has 4 N–H and O–H groups in total. The van der Waals surface area contributed by atoms with Gasteiger partial charge in [0, 0.05) is 19.5 Å². The maximum atomic E-state index is 12.0. The molecule has 37 heavy (non-hydrogen) atoms. The van der Waals surface area contributed by atoms with Gasteiger partial charge in [0.2, 0.25) is 0 Å². The summed E-state index contributed by atoms with van der Waals surface area (Å²) in [5.74, 6) is 0. The van der Waals surface area contributed by atoms with Gasteiger partial charge in [-0.15, -0.1) is 0 Å². The van der Waals surface area contributed by atoms with E-state index in [4.69, 9.17) is 0 Å². The van der Waals surface area contributed by atoms with E-state index in [1.807, 2.05) is 0 Å². The summed E-state index contributed by atoms with van der Waals surface area (Å²) in [6.45, 7) is 11.3. The van der Waals surface area contributed by atoms with E-state index in [1.165, 1.54) is 64.2 Å². The molecule has 0 aliphatic heterocycles. The SMILES string of the molecule is CCCCCCCCNC(=O)NCC[N+](C)(C)CCC[N+](C)(C)CCNC(=O)NCCCCCCCC. The Morgan fingerprint density at radius 2 is 0.757 bits per heavy atom. The molecule has 0 radical (unpaired) electrons. The predicted octanol–water partition coefficient (Wildman–Crippen LogP) is 4.85. The van der Waals surface area contributed by atoms with E-state index in [9.17, 15) is 9.59 Å². The second-order valence-electron chi connectivity index (χ2n) is 12.0. The van der Waals surface area contributed by atoms with Crippen LogP contribution in [0, 0.1) is 0 Å². The molecule has 0 saturated carbocycles. The quantitative estimate of drug-likeness (QED) is 0.107. The van der Waals surface area contributed by atoms with Gasteiger partial charge in [0.15, 0.2) is 0 Å². The number of hydrogen-bond acceptors (Lipinski definition) is 2. The topological polar surface area (TPSA) is 82.3 Å². The number of nitrogens with one attached hydrogen (secondary N) is 4. The first-order chi connectivity index (χ1) is 17.6. The van der Waals surface area contributed by atoms with Crippen molar-refractivity contribution in [1.29, 1.82) is 0 Å². The Balaban J connectivity index is 3.83. The maximum Gasteiger partial charge on any atom is 0.314 e. The summed E-state index contributed by atoms with van der Waals surface area (Å²) in [7, 11) is 8.91. The van der Waals surface area contributed by atoms with Crippen LogP contribution in [-0.4, -0.2) is 102 Å². The van der Waals surface area contributed by atoms with Crippen LogP contribution < -0.4 is 21.3 Å². The van der Waals surface area contributed by atoms with Gasteiger partial charge in [-0.2, -0.15) is 0 Å². The number of hydrogen-bond donors (Lipinski definition) is 4. The molecule has 0 aromatic heterocycles. The van der Waals surface area contributed by atoms with Crippen LogP contribution in [0.5, 0.6) is 0 Å². The van der Waals surface area contributed by atoms with Gasteiger partial charge >= 0.3 is 12.1 Å². The van der Waals surface area contributed by atoms with Crippen LogP contribution in [0.2, 0.25) is 0 Å². The molecule has 0 spiro atoms. The van der Waals surface area contributed by atoms with Crippen molar-refractivity contribution in [2.75, 3.05) is 80.5 Å². The number of amides is 4. The molecular weight excluding hydrogens is 464 g/mol. The van der Waals surface area contributed by atoms with Gasteiger partial charge in [-0.25, -0.2) is 9.59 Å². The molecule has 220 valence electrons. The van der Waals surface area contributed by atoms with Crippen LogP contribution in [0.4, 0.5) is 9.59 Å². The first kappa shape index (κ1) is 35.5. The van der Waals surface area contributed by atoms with Crippen molar-refractivity contribution >= 4 is 12.1 Å². The minimum absolute atomic E-state index is 0.0464. The zero-order valence-corrected chi connectivity index (χ0v) is 25.6. The van der Waals surface area contributed by atoms with Crippen molar-refractivity contribution in [3.05, 3.63) is 0 Å². The molecule has 0 fully saturated rings. The summed E-state index contributed by atoms with van der Waals surface area (Å²) in [5, 5.41) is 12.0. The average Bonchev–Trinajstić information content (AvgIpc) is 2.82. The number of nitrogens with zero attached hydrogens (tertiary/aromatic N) is 2. The Labute approximate surface area is 229 Å². The highest BCUT2D eigenvalue weighted by Crippen LogP contribution is 2.06. The molecule has 0 atom stereocenters. The van der Waals surface area contributed by atoms with Gasteiger partial charge in [0.25, 0.3) is 0 Å². The lowest BCUT2D eigenvalue weighted by molar-refractivity contribution is -0.908. The van der Waals surface area contributed by atoms with Gasteiger partial charge < -0.3 is 30.2 Å². The fraction of sp³-hybridized carbons (Fsp3) is 0.931. The Hall–Kier alpha value is -1.54. The van der Waals surface area contributed by atoms with Crippen LogP contribution in [0.1, 0.15) is 97.3 Å². The molecule has 0 saturated heterocycles. The fourth-order valence-corrected chi connectivity index (χ4v) is 4.43. The van der Waals surface area contributed by atoms with E-state index < -0.39 is 0 Å². The molecular formula is C29H64N6O2+2. The lowest BCUT2D eigenvalue weighted by Gasteiger charge is -2.33. The van der Waals surface area contributed by atoms with Crippen molar-refractivity contribution in [3.63, 3.8) is 0 Å². The molecule has 8 nitrogen and oxygen atoms in total. The monoisotopic (exact) mass is 529 g/mol. The van der Waals surface area contributed by atoms with Crippen molar-refractivity contribution in [2.45, 2.75) is 97.3 Å². The van der Waals surface area contributed by atoms with Crippen molar-refractivity contribution in [3.8, 4) is 0 Å². The van der Waals surface area contributed by atoms with Crippen molar-refractivity contribution < 1.29 is 18.6 Å². The van der Waals surface area contributed by atoms with E-state index in [1.54, 1.807) is 0 Å². The van der Waals surface area contributed by atoms with Crippen LogP contribution in [0.15, 0.2) is 0 Å². The largest absolute Gasteiger partial charge is 0.338 e. The number of carbonyl (C=O) groups excluding carboxylic acids is 2. The number of quaternary nitrogens is 2. The minimum Gasteiger partial charge on any atom is -0.338 e. The van der Waals surface area contributed by atoms with E-state index in [0.717, 1.165) is 67.5 Å². The highest BCUT2D eigenvalue weighted by atomic mass is 16.2. The zero-order valence-electron chi connectivity index (χ0n) is 25.6. The number of urea groups is 2. The molecule has 0 aliphatic carbocycles. The second kappa shape index (κ2) is 22.4. The maximum absolute atomic E-state index is 12.0. The molecule has 4 amide bonds. The van der Waals surface area contributed by atoms with Crippen LogP contribution in [-0.2, 0) is 0 Å². The molecule has 8 heteroatoms. The molecule has 0 bridgehead atoms. The van der Waals surface area contributed by atoms with Crippen molar-refractivity contribution in [2.24, 2.45) is 0 Å². The predicted molar refractivity (Wildman–Crippen MR) is 158 cm³/mol. The second-order valence-corrected chi connectivity index (χ2v) is 12.0. The van der Waals surface area contributed by atoms with Gasteiger partial charge in [-0.3, -0.25) is 0 Å². The third-order valence-electron chi connectivity index (χ3n) is 7.16. The van der Waals surface area contributed by atoms with Gasteiger partial charge in [-0.05, 0) is 12.8 Å². The smallest absolute Gasteiger partial charge is 0.314 e. The van der Waals surface area contributed by atoms with Gasteiger partial charge in [-0.1, -0.05) is 78.1 Å². The number of rotatable bonds is 24. The highest BCUT2D eigenvalue weighted by Gasteiger charge is 2.20. The lowest BCUT2D eigenvalue weighted by Crippen LogP contribution is -2.50. The lowest BCUT2D eigenvalue weighted by atomic mass is 10.1. The Kier molecular flexibility index (Phi) is 21.5. The molecule has 0 aromatic carbocycles. The third-order valence-corrected chi connectivity index (χ3v) is 7.16.